The van der Waals surface area contributed by atoms with Crippen molar-refractivity contribution in [2.24, 2.45) is 0 Å². The lowest BCUT2D eigenvalue weighted by Gasteiger charge is -2.28. The minimum absolute atomic E-state index is 0.0311. The topological polar surface area (TPSA) is 82.4 Å². The van der Waals surface area contributed by atoms with Gasteiger partial charge >= 0.3 is 0 Å². The number of amides is 1. The van der Waals surface area contributed by atoms with E-state index in [2.05, 4.69) is 19.7 Å². The van der Waals surface area contributed by atoms with Gasteiger partial charge in [0.2, 0.25) is 5.88 Å². The predicted octanol–water partition coefficient (Wildman–Crippen LogP) is 3.54. The molecular weight excluding hydrogens is 394 g/mol. The van der Waals surface area contributed by atoms with E-state index >= 15 is 0 Å². The fourth-order valence-electron chi connectivity index (χ4n) is 4.27. The molecule has 2 aliphatic rings. The Labute approximate surface area is 180 Å². The average molecular weight is 419 g/mol. The van der Waals surface area contributed by atoms with Crippen molar-refractivity contribution >= 4 is 5.91 Å². The highest BCUT2D eigenvalue weighted by Crippen LogP contribution is 2.34. The standard InChI is InChI=1S/C23H25N5O3/c29-22(16-30-18-8-5-9-19(14-18)31-21-10-3-4-11-24-21)27-12-13-28-20(15-27)25-26-23(28)17-6-1-2-7-17/h3-5,8-11,14,17H,1-2,6-7,12-13,15-16H2. The van der Waals surface area contributed by atoms with Gasteiger partial charge in [0.05, 0.1) is 6.54 Å². The van der Waals surface area contributed by atoms with Crippen LogP contribution in [0.25, 0.3) is 0 Å². The molecule has 5 rings (SSSR count). The zero-order chi connectivity index (χ0) is 21.0. The molecule has 0 saturated heterocycles. The molecule has 8 heteroatoms. The van der Waals surface area contributed by atoms with Crippen LogP contribution in [0.3, 0.4) is 0 Å². The number of fused-ring (bicyclic) bond motifs is 1. The summed E-state index contributed by atoms with van der Waals surface area (Å²) in [6.45, 7) is 1.84. The van der Waals surface area contributed by atoms with E-state index < -0.39 is 0 Å². The van der Waals surface area contributed by atoms with E-state index in [-0.39, 0.29) is 12.5 Å². The molecule has 2 aromatic heterocycles. The van der Waals surface area contributed by atoms with Crippen LogP contribution in [0.2, 0.25) is 0 Å². The maximum absolute atomic E-state index is 12.7. The summed E-state index contributed by atoms with van der Waals surface area (Å²) in [6.07, 6.45) is 6.59. The molecule has 1 aliphatic carbocycles. The monoisotopic (exact) mass is 419 g/mol. The van der Waals surface area contributed by atoms with Gasteiger partial charge < -0.3 is 18.9 Å². The molecular formula is C23H25N5O3. The van der Waals surface area contributed by atoms with Crippen LogP contribution in [-0.2, 0) is 17.9 Å². The van der Waals surface area contributed by atoms with Crippen molar-refractivity contribution in [2.45, 2.75) is 44.7 Å². The van der Waals surface area contributed by atoms with Crippen molar-refractivity contribution in [2.75, 3.05) is 13.2 Å². The van der Waals surface area contributed by atoms with E-state index in [1.165, 1.54) is 25.7 Å². The quantitative estimate of drug-likeness (QED) is 0.608. The zero-order valence-electron chi connectivity index (χ0n) is 17.3. The summed E-state index contributed by atoms with van der Waals surface area (Å²) in [5, 5.41) is 8.80. The SMILES string of the molecule is O=C(COc1cccc(Oc2ccccn2)c1)N1CCn2c(nnc2C2CCCC2)C1. The molecule has 1 aromatic carbocycles. The van der Waals surface area contributed by atoms with E-state index in [4.69, 9.17) is 9.47 Å². The number of hydrogen-bond donors (Lipinski definition) is 0. The Balaban J connectivity index is 1.18. The summed E-state index contributed by atoms with van der Waals surface area (Å²) in [6, 6.07) is 12.7. The molecule has 3 aromatic rings. The highest BCUT2D eigenvalue weighted by atomic mass is 16.5. The Bertz CT molecular complexity index is 1050. The van der Waals surface area contributed by atoms with Crippen LogP contribution >= 0.6 is 0 Å². The zero-order valence-corrected chi connectivity index (χ0v) is 17.3. The second-order valence-corrected chi connectivity index (χ2v) is 7.96. The van der Waals surface area contributed by atoms with E-state index in [0.29, 0.717) is 36.4 Å². The predicted molar refractivity (Wildman–Crippen MR) is 113 cm³/mol. The maximum atomic E-state index is 12.7. The Hall–Kier alpha value is -3.42. The molecule has 0 atom stereocenters. The lowest BCUT2D eigenvalue weighted by molar-refractivity contribution is -0.134. The number of aromatic nitrogens is 4. The summed E-state index contributed by atoms with van der Waals surface area (Å²) in [7, 11) is 0. The van der Waals surface area contributed by atoms with Crippen LogP contribution in [0, 0.1) is 0 Å². The van der Waals surface area contributed by atoms with Crippen LogP contribution in [0.15, 0.2) is 48.7 Å². The molecule has 1 saturated carbocycles. The highest BCUT2D eigenvalue weighted by Gasteiger charge is 2.29. The molecule has 0 radical (unpaired) electrons. The Morgan fingerprint density at radius 1 is 1.03 bits per heavy atom. The summed E-state index contributed by atoms with van der Waals surface area (Å²) in [4.78, 5) is 18.7. The first-order chi connectivity index (χ1) is 15.3. The first-order valence-corrected chi connectivity index (χ1v) is 10.8. The van der Waals surface area contributed by atoms with Crippen LogP contribution in [0.5, 0.6) is 17.4 Å². The number of benzene rings is 1. The third-order valence-corrected chi connectivity index (χ3v) is 5.88. The van der Waals surface area contributed by atoms with Crippen LogP contribution in [0.4, 0.5) is 0 Å². The summed E-state index contributed by atoms with van der Waals surface area (Å²) in [5.41, 5.74) is 0. The summed E-state index contributed by atoms with van der Waals surface area (Å²) in [5.74, 6) is 4.11. The number of rotatable bonds is 6. The number of carbonyl (C=O) groups excluding carboxylic acids is 1. The first-order valence-electron chi connectivity index (χ1n) is 10.8. The van der Waals surface area contributed by atoms with Crippen molar-refractivity contribution in [3.05, 3.63) is 60.3 Å². The van der Waals surface area contributed by atoms with Crippen molar-refractivity contribution in [3.63, 3.8) is 0 Å². The molecule has 8 nitrogen and oxygen atoms in total. The number of carbonyl (C=O) groups is 1. The molecule has 160 valence electrons. The fraction of sp³-hybridized carbons (Fsp3) is 0.391. The molecule has 1 aliphatic heterocycles. The molecule has 0 N–H and O–H groups in total. The average Bonchev–Trinajstić information content (AvgIpc) is 3.48. The lowest BCUT2D eigenvalue weighted by Crippen LogP contribution is -2.41. The van der Waals surface area contributed by atoms with E-state index in [9.17, 15) is 4.79 Å². The molecule has 0 spiro atoms. The molecule has 0 unspecified atom stereocenters. The van der Waals surface area contributed by atoms with Gasteiger partial charge in [-0.15, -0.1) is 10.2 Å². The second kappa shape index (κ2) is 8.75. The first kappa shape index (κ1) is 19.5. The van der Waals surface area contributed by atoms with Crippen molar-refractivity contribution in [1.29, 1.82) is 0 Å². The Morgan fingerprint density at radius 3 is 2.74 bits per heavy atom. The summed E-state index contributed by atoms with van der Waals surface area (Å²) < 4.78 is 13.7. The second-order valence-electron chi connectivity index (χ2n) is 7.96. The van der Waals surface area contributed by atoms with Crippen molar-refractivity contribution < 1.29 is 14.3 Å². The Kier molecular flexibility index (Phi) is 5.52. The van der Waals surface area contributed by atoms with Gasteiger partial charge in [-0.1, -0.05) is 25.0 Å². The summed E-state index contributed by atoms with van der Waals surface area (Å²) >= 11 is 0. The Morgan fingerprint density at radius 2 is 1.90 bits per heavy atom. The minimum atomic E-state index is -0.0623. The van der Waals surface area contributed by atoms with Crippen LogP contribution < -0.4 is 9.47 Å². The van der Waals surface area contributed by atoms with Gasteiger partial charge in [0.15, 0.2) is 12.4 Å². The van der Waals surface area contributed by atoms with Gasteiger partial charge in [-0.05, 0) is 31.0 Å². The normalized spacial score (nSPS) is 16.2. The van der Waals surface area contributed by atoms with Crippen LogP contribution in [0.1, 0.15) is 43.3 Å². The van der Waals surface area contributed by atoms with Gasteiger partial charge in [0, 0.05) is 37.3 Å². The van der Waals surface area contributed by atoms with Gasteiger partial charge in [0.25, 0.3) is 5.91 Å². The van der Waals surface area contributed by atoms with Gasteiger partial charge in [-0.2, -0.15) is 0 Å². The lowest BCUT2D eigenvalue weighted by atomic mass is 10.1. The fourth-order valence-corrected chi connectivity index (χ4v) is 4.27. The molecule has 1 amide bonds. The van der Waals surface area contributed by atoms with E-state index in [0.717, 1.165) is 18.2 Å². The number of nitrogens with zero attached hydrogens (tertiary/aromatic N) is 5. The van der Waals surface area contributed by atoms with Gasteiger partial charge in [-0.25, -0.2) is 4.98 Å². The molecule has 0 bridgehead atoms. The number of hydrogen-bond acceptors (Lipinski definition) is 6. The van der Waals surface area contributed by atoms with Gasteiger partial charge in [0.1, 0.15) is 17.3 Å². The highest BCUT2D eigenvalue weighted by molar-refractivity contribution is 5.77. The van der Waals surface area contributed by atoms with Crippen molar-refractivity contribution in [1.82, 2.24) is 24.6 Å². The molecule has 31 heavy (non-hydrogen) atoms. The van der Waals surface area contributed by atoms with Gasteiger partial charge in [-0.3, -0.25) is 4.79 Å². The molecule has 1 fully saturated rings. The smallest absolute Gasteiger partial charge is 0.260 e. The number of ether oxygens (including phenoxy) is 2. The minimum Gasteiger partial charge on any atom is -0.484 e. The third kappa shape index (κ3) is 4.38. The van der Waals surface area contributed by atoms with E-state index in [1.54, 1.807) is 29.3 Å². The maximum Gasteiger partial charge on any atom is 0.260 e. The third-order valence-electron chi connectivity index (χ3n) is 5.88. The van der Waals surface area contributed by atoms with Crippen molar-refractivity contribution in [3.8, 4) is 17.4 Å². The van der Waals surface area contributed by atoms with E-state index in [1.807, 2.05) is 24.3 Å². The number of pyridine rings is 1. The van der Waals surface area contributed by atoms with Crippen LogP contribution in [-0.4, -0.2) is 43.7 Å². The largest absolute Gasteiger partial charge is 0.484 e. The molecule has 3 heterocycles.